The smallest absolute Gasteiger partial charge is 0.328 e. The van der Waals surface area contributed by atoms with Gasteiger partial charge in [0.25, 0.3) is 0 Å². The molecule has 2 rings (SSSR count). The Hall–Kier alpha value is -1.12. The zero-order chi connectivity index (χ0) is 10.5. The first-order chi connectivity index (χ1) is 6.52. The standard InChI is InChI=1S/C7H7IN4O2/c1-11-4-3(9-6(8)10-4)5(13)12(2)7(11)14/h13H,1-2H3/p-1. The van der Waals surface area contributed by atoms with Crippen molar-refractivity contribution < 1.29 is 5.11 Å². The molecule has 0 spiro atoms. The van der Waals surface area contributed by atoms with Gasteiger partial charge in [-0.1, -0.05) is 0 Å². The average Bonchev–Trinajstić information content (AvgIpc) is 2.54. The van der Waals surface area contributed by atoms with Gasteiger partial charge in [-0.2, -0.15) is 0 Å². The van der Waals surface area contributed by atoms with Crippen molar-refractivity contribution in [3.05, 3.63) is 14.3 Å². The molecule has 7 heteroatoms. The highest BCUT2D eigenvalue weighted by Crippen LogP contribution is 2.23. The summed E-state index contributed by atoms with van der Waals surface area (Å²) in [6.45, 7) is 0. The summed E-state index contributed by atoms with van der Waals surface area (Å²) in [4.78, 5) is 19.4. The van der Waals surface area contributed by atoms with Crippen LogP contribution in [0.4, 0.5) is 0 Å². The lowest BCUT2D eigenvalue weighted by Gasteiger charge is -2.17. The van der Waals surface area contributed by atoms with E-state index in [0.717, 1.165) is 4.57 Å². The van der Waals surface area contributed by atoms with Gasteiger partial charge in [0.05, 0.1) is 0 Å². The molecule has 0 amide bonds. The van der Waals surface area contributed by atoms with Crippen LogP contribution < -0.4 is 10.8 Å². The van der Waals surface area contributed by atoms with E-state index in [0.29, 0.717) is 9.66 Å². The summed E-state index contributed by atoms with van der Waals surface area (Å²) in [5, 5.41) is 11.6. The number of aromatic nitrogens is 4. The molecule has 0 radical (unpaired) electrons. The minimum Gasteiger partial charge on any atom is -0.858 e. The van der Waals surface area contributed by atoms with E-state index in [1.165, 1.54) is 11.6 Å². The number of hydrogen-bond acceptors (Lipinski definition) is 4. The number of rotatable bonds is 0. The maximum atomic E-state index is 11.6. The number of halogens is 1. The Balaban J connectivity index is 3.01. The third-order valence-corrected chi connectivity index (χ3v) is 2.50. The van der Waals surface area contributed by atoms with Crippen molar-refractivity contribution in [3.63, 3.8) is 0 Å². The van der Waals surface area contributed by atoms with Crippen LogP contribution in [0.15, 0.2) is 4.79 Å². The third-order valence-electron chi connectivity index (χ3n) is 2.01. The average molecular weight is 305 g/mol. The van der Waals surface area contributed by atoms with Crippen molar-refractivity contribution >= 4 is 22.6 Å². The lowest BCUT2D eigenvalue weighted by atomic mass is 10.4. The van der Waals surface area contributed by atoms with E-state index in [2.05, 4.69) is 9.97 Å². The Labute approximate surface area is 92.7 Å². The van der Waals surface area contributed by atoms with Gasteiger partial charge < -0.3 is 9.67 Å². The molecule has 0 aromatic carbocycles. The third kappa shape index (κ3) is 1.11. The Morgan fingerprint density at radius 3 is 2.57 bits per heavy atom. The van der Waals surface area contributed by atoms with Crippen molar-refractivity contribution in [2.75, 3.05) is 0 Å². The summed E-state index contributed by atoms with van der Waals surface area (Å²) in [6.07, 6.45) is 0. The normalized spacial score (nSPS) is 11.1. The van der Waals surface area contributed by atoms with Crippen molar-refractivity contribution in [3.8, 4) is 17.4 Å². The molecule has 0 unspecified atom stereocenters. The fourth-order valence-electron chi connectivity index (χ4n) is 1.25. The largest absolute Gasteiger partial charge is 0.858 e. The first kappa shape index (κ1) is 9.44. The molecule has 0 bridgehead atoms. The van der Waals surface area contributed by atoms with Crippen molar-refractivity contribution in [1.82, 2.24) is 19.1 Å². The molecular formula is C7H6IN4O2-. The highest BCUT2D eigenvalue weighted by Gasteiger charge is 2.16. The van der Waals surface area contributed by atoms with Crippen molar-refractivity contribution in [2.24, 2.45) is 14.1 Å². The van der Waals surface area contributed by atoms with Gasteiger partial charge in [-0.05, 0) is 5.88 Å². The van der Waals surface area contributed by atoms with Gasteiger partial charge in [0.15, 0.2) is 9.66 Å². The minimum absolute atomic E-state index is 0.235. The second-order valence-electron chi connectivity index (χ2n) is 2.87. The van der Waals surface area contributed by atoms with Gasteiger partial charge in [0.1, 0.15) is 5.69 Å². The molecule has 6 nitrogen and oxygen atoms in total. The fourth-order valence-corrected chi connectivity index (χ4v) is 1.72. The lowest BCUT2D eigenvalue weighted by molar-refractivity contribution is -0.278. The highest BCUT2D eigenvalue weighted by molar-refractivity contribution is 14.1. The van der Waals surface area contributed by atoms with E-state index in [-0.39, 0.29) is 11.4 Å². The fraction of sp³-hybridized carbons (Fsp3) is 0.286. The predicted molar refractivity (Wildman–Crippen MR) is 55.0 cm³/mol. The minimum atomic E-state index is -0.404. The van der Waals surface area contributed by atoms with Gasteiger partial charge >= 0.3 is 5.69 Å². The molecule has 0 aromatic heterocycles. The van der Waals surface area contributed by atoms with Crippen LogP contribution in [-0.2, 0) is 14.1 Å². The first-order valence-corrected chi connectivity index (χ1v) is 4.86. The maximum Gasteiger partial charge on any atom is 0.328 e. The van der Waals surface area contributed by atoms with Crippen LogP contribution in [-0.4, -0.2) is 19.1 Å². The Morgan fingerprint density at radius 2 is 1.93 bits per heavy atom. The molecule has 2 aliphatic rings. The Kier molecular flexibility index (Phi) is 1.98. The van der Waals surface area contributed by atoms with E-state index in [4.69, 9.17) is 0 Å². The summed E-state index contributed by atoms with van der Waals surface area (Å²) in [5.41, 5.74) is -0.155. The monoisotopic (exact) mass is 305 g/mol. The second kappa shape index (κ2) is 2.94. The van der Waals surface area contributed by atoms with Crippen molar-refractivity contribution in [1.29, 1.82) is 0 Å². The van der Waals surface area contributed by atoms with Crippen LogP contribution in [0.25, 0.3) is 11.5 Å². The topological polar surface area (TPSA) is 75.8 Å². The molecule has 0 atom stereocenters. The quantitative estimate of drug-likeness (QED) is 0.476. The molecular weight excluding hydrogens is 299 g/mol. The molecule has 0 N–H and O–H groups in total. The zero-order valence-electron chi connectivity index (χ0n) is 7.48. The van der Waals surface area contributed by atoms with Gasteiger partial charge in [-0.25, -0.2) is 14.8 Å². The van der Waals surface area contributed by atoms with Crippen LogP contribution in [0.3, 0.4) is 0 Å². The molecule has 0 saturated carbocycles. The van der Waals surface area contributed by atoms with Gasteiger partial charge in [0, 0.05) is 36.7 Å². The van der Waals surface area contributed by atoms with Gasteiger partial charge in [-0.3, -0.25) is 4.57 Å². The molecule has 2 aliphatic heterocycles. The SMILES string of the molecule is Cn1c2nc(I)nc-2c([O-])n(C)c1=O. The molecule has 0 saturated heterocycles. The van der Waals surface area contributed by atoms with E-state index in [1.54, 1.807) is 7.05 Å². The van der Waals surface area contributed by atoms with E-state index >= 15 is 0 Å². The van der Waals surface area contributed by atoms with E-state index in [1.807, 2.05) is 22.6 Å². The van der Waals surface area contributed by atoms with E-state index < -0.39 is 5.88 Å². The maximum absolute atomic E-state index is 11.6. The van der Waals surface area contributed by atoms with Crippen LogP contribution in [0, 0.1) is 3.83 Å². The summed E-state index contributed by atoms with van der Waals surface area (Å²) in [5.74, 6) is -0.0685. The number of hydrogen-bond donors (Lipinski definition) is 0. The van der Waals surface area contributed by atoms with Crippen LogP contribution >= 0.6 is 22.6 Å². The summed E-state index contributed by atoms with van der Waals surface area (Å²) >= 11 is 1.90. The van der Waals surface area contributed by atoms with Gasteiger partial charge in [0.2, 0.25) is 0 Å². The number of fused-ring (bicyclic) bond motifs is 1. The summed E-state index contributed by atoms with van der Waals surface area (Å²) in [7, 11) is 2.99. The Bertz CT molecular complexity index is 530. The highest BCUT2D eigenvalue weighted by atomic mass is 127. The number of imidazole rings is 1. The molecule has 0 aromatic rings. The van der Waals surface area contributed by atoms with Crippen LogP contribution in [0.5, 0.6) is 5.88 Å². The molecule has 74 valence electrons. The molecule has 0 fully saturated rings. The van der Waals surface area contributed by atoms with Crippen LogP contribution in [0.2, 0.25) is 0 Å². The number of nitrogens with zero attached hydrogens (tertiary/aromatic N) is 4. The van der Waals surface area contributed by atoms with E-state index in [9.17, 15) is 9.90 Å². The van der Waals surface area contributed by atoms with Crippen LogP contribution in [0.1, 0.15) is 0 Å². The molecule has 0 aliphatic carbocycles. The predicted octanol–water partition coefficient (Wildman–Crippen LogP) is -0.703. The Morgan fingerprint density at radius 1 is 1.29 bits per heavy atom. The van der Waals surface area contributed by atoms with Crippen molar-refractivity contribution in [2.45, 2.75) is 0 Å². The summed E-state index contributed by atoms with van der Waals surface area (Å²) < 4.78 is 2.80. The lowest BCUT2D eigenvalue weighted by Crippen LogP contribution is -2.31. The van der Waals surface area contributed by atoms with Gasteiger partial charge in [-0.15, -0.1) is 0 Å². The first-order valence-electron chi connectivity index (χ1n) is 3.78. The molecule has 2 heterocycles. The summed E-state index contributed by atoms with van der Waals surface area (Å²) in [6, 6.07) is 0. The second-order valence-corrected chi connectivity index (χ2v) is 3.84. The molecule has 14 heavy (non-hydrogen) atoms. The zero-order valence-corrected chi connectivity index (χ0v) is 9.64.